The van der Waals surface area contributed by atoms with Crippen molar-refractivity contribution in [3.8, 4) is 16.4 Å². The molecule has 4 aromatic heterocycles. The van der Waals surface area contributed by atoms with Crippen LogP contribution in [-0.4, -0.2) is 36.5 Å². The predicted octanol–water partition coefficient (Wildman–Crippen LogP) is 2.10. The fourth-order valence-electron chi connectivity index (χ4n) is 2.37. The van der Waals surface area contributed by atoms with E-state index in [4.69, 9.17) is 0 Å². The van der Waals surface area contributed by atoms with Gasteiger partial charge in [-0.25, -0.2) is 19.6 Å². The maximum atomic E-state index is 12.2. The van der Waals surface area contributed by atoms with Crippen LogP contribution in [0.1, 0.15) is 5.56 Å². The molecular weight excluding hydrogens is 398 g/mol. The molecule has 2 N–H and O–H groups in total. The van der Waals surface area contributed by atoms with Gasteiger partial charge in [0.25, 0.3) is 0 Å². The molecule has 0 saturated carbocycles. The minimum Gasteiger partial charge on any atom is -0.344 e. The number of thiazole rings is 1. The first-order valence-electron chi connectivity index (χ1n) is 8.08. The first-order valence-corrected chi connectivity index (χ1v) is 9.84. The number of nitrogens with one attached hydrogen (secondary N) is 2. The van der Waals surface area contributed by atoms with E-state index in [2.05, 4.69) is 30.7 Å². The van der Waals surface area contributed by atoms with Gasteiger partial charge in [-0.2, -0.15) is 5.10 Å². The average Bonchev–Trinajstić information content (AvgIpc) is 3.48. The van der Waals surface area contributed by atoms with Crippen molar-refractivity contribution >= 4 is 39.6 Å². The second-order valence-electron chi connectivity index (χ2n) is 5.48. The van der Waals surface area contributed by atoms with Crippen molar-refractivity contribution < 1.29 is 9.59 Å². The monoisotopic (exact) mass is 411 g/mol. The molecular formula is C17H13N7O2S2. The molecule has 4 rings (SSSR count). The molecule has 0 aliphatic heterocycles. The molecule has 0 aromatic carbocycles. The van der Waals surface area contributed by atoms with Crippen LogP contribution in [0.3, 0.4) is 0 Å². The summed E-state index contributed by atoms with van der Waals surface area (Å²) in [6.45, 7) is 0.119. The summed E-state index contributed by atoms with van der Waals surface area (Å²) in [5, 5.41) is 13.3. The zero-order valence-corrected chi connectivity index (χ0v) is 15.9. The van der Waals surface area contributed by atoms with Gasteiger partial charge >= 0.3 is 11.8 Å². The lowest BCUT2D eigenvalue weighted by Crippen LogP contribution is -2.35. The van der Waals surface area contributed by atoms with E-state index in [9.17, 15) is 9.59 Å². The molecule has 28 heavy (non-hydrogen) atoms. The van der Waals surface area contributed by atoms with Crippen molar-refractivity contribution in [3.63, 3.8) is 0 Å². The summed E-state index contributed by atoms with van der Waals surface area (Å²) in [7, 11) is 0. The van der Waals surface area contributed by atoms with Gasteiger partial charge in [0.05, 0.1) is 10.6 Å². The van der Waals surface area contributed by atoms with E-state index in [1.165, 1.54) is 28.7 Å². The summed E-state index contributed by atoms with van der Waals surface area (Å²) in [6, 6.07) is 7.40. The third-order valence-corrected chi connectivity index (χ3v) is 5.30. The number of carbonyl (C=O) groups excluding carboxylic acids is 2. The van der Waals surface area contributed by atoms with Crippen LogP contribution in [0.2, 0.25) is 0 Å². The Hall–Kier alpha value is -3.44. The van der Waals surface area contributed by atoms with Crippen LogP contribution >= 0.6 is 22.7 Å². The molecule has 4 heterocycles. The summed E-state index contributed by atoms with van der Waals surface area (Å²) >= 11 is 2.82. The number of hydrogen-bond donors (Lipinski definition) is 2. The highest BCUT2D eigenvalue weighted by Crippen LogP contribution is 2.28. The van der Waals surface area contributed by atoms with E-state index in [0.29, 0.717) is 16.5 Å². The van der Waals surface area contributed by atoms with Gasteiger partial charge in [-0.05, 0) is 17.5 Å². The average molecular weight is 411 g/mol. The maximum absolute atomic E-state index is 12.2. The summed E-state index contributed by atoms with van der Waals surface area (Å²) < 4.78 is 1.49. The third-order valence-electron chi connectivity index (χ3n) is 3.65. The molecule has 9 nitrogen and oxygen atoms in total. The van der Waals surface area contributed by atoms with Crippen molar-refractivity contribution in [1.29, 1.82) is 0 Å². The molecule has 0 aliphatic carbocycles. The van der Waals surface area contributed by atoms with Crippen LogP contribution in [0.4, 0.5) is 5.13 Å². The SMILES string of the molecule is O=C(NCc1cccnc1-n1cncn1)C(=O)Nc1nc(-c2cccs2)cs1. The Morgan fingerprint density at radius 2 is 2.07 bits per heavy atom. The van der Waals surface area contributed by atoms with Crippen LogP contribution in [0.15, 0.2) is 53.9 Å². The zero-order chi connectivity index (χ0) is 19.3. The fraction of sp³-hybridized carbons (Fsp3) is 0.0588. The predicted molar refractivity (Wildman–Crippen MR) is 105 cm³/mol. The molecule has 0 atom stereocenters. The van der Waals surface area contributed by atoms with E-state index >= 15 is 0 Å². The van der Waals surface area contributed by atoms with Crippen molar-refractivity contribution in [2.24, 2.45) is 0 Å². The van der Waals surface area contributed by atoms with Crippen LogP contribution in [0.25, 0.3) is 16.4 Å². The van der Waals surface area contributed by atoms with E-state index in [1.54, 1.807) is 29.7 Å². The van der Waals surface area contributed by atoms with Crippen molar-refractivity contribution in [2.75, 3.05) is 5.32 Å². The molecule has 0 spiro atoms. The number of hydrogen-bond acceptors (Lipinski definition) is 8. The normalized spacial score (nSPS) is 10.6. The molecule has 0 radical (unpaired) electrons. The number of aromatic nitrogens is 5. The van der Waals surface area contributed by atoms with Crippen LogP contribution < -0.4 is 10.6 Å². The standard InChI is InChI=1S/C17H13N7O2S2/c25-15(16(26)23-17-22-12(8-28-17)13-4-2-6-27-13)20-7-11-3-1-5-19-14(11)24-10-18-9-21-24/h1-6,8-10H,7H2,(H,20,25)(H,22,23,26). The lowest BCUT2D eigenvalue weighted by atomic mass is 10.2. The van der Waals surface area contributed by atoms with Gasteiger partial charge < -0.3 is 5.32 Å². The highest BCUT2D eigenvalue weighted by molar-refractivity contribution is 7.16. The van der Waals surface area contributed by atoms with Gasteiger partial charge in [-0.3, -0.25) is 14.9 Å². The van der Waals surface area contributed by atoms with E-state index < -0.39 is 11.8 Å². The molecule has 140 valence electrons. The number of anilines is 1. The van der Waals surface area contributed by atoms with Crippen LogP contribution in [-0.2, 0) is 16.1 Å². The summed E-state index contributed by atoms with van der Waals surface area (Å²) in [5.41, 5.74) is 1.46. The highest BCUT2D eigenvalue weighted by Gasteiger charge is 2.17. The lowest BCUT2D eigenvalue weighted by Gasteiger charge is -2.09. The Morgan fingerprint density at radius 3 is 2.86 bits per heavy atom. The maximum Gasteiger partial charge on any atom is 0.315 e. The highest BCUT2D eigenvalue weighted by atomic mass is 32.1. The molecule has 0 saturated heterocycles. The number of amides is 2. The first kappa shape index (κ1) is 17.9. The smallest absolute Gasteiger partial charge is 0.315 e. The van der Waals surface area contributed by atoms with Gasteiger partial charge in [0.2, 0.25) is 0 Å². The number of rotatable bonds is 5. The second kappa shape index (κ2) is 8.06. The third kappa shape index (κ3) is 3.94. The fourth-order valence-corrected chi connectivity index (χ4v) is 3.84. The topological polar surface area (TPSA) is 115 Å². The quantitative estimate of drug-likeness (QED) is 0.486. The Labute approximate surface area is 167 Å². The van der Waals surface area contributed by atoms with Gasteiger partial charge in [-0.15, -0.1) is 22.7 Å². The zero-order valence-electron chi connectivity index (χ0n) is 14.3. The first-order chi connectivity index (χ1) is 13.7. The van der Waals surface area contributed by atoms with E-state index in [1.807, 2.05) is 22.9 Å². The Morgan fingerprint density at radius 1 is 1.14 bits per heavy atom. The van der Waals surface area contributed by atoms with Gasteiger partial charge in [0.1, 0.15) is 12.7 Å². The second-order valence-corrected chi connectivity index (χ2v) is 7.28. The van der Waals surface area contributed by atoms with Gasteiger partial charge in [0, 0.05) is 23.7 Å². The van der Waals surface area contributed by atoms with E-state index in [0.717, 1.165) is 10.6 Å². The largest absolute Gasteiger partial charge is 0.344 e. The molecule has 2 amide bonds. The minimum absolute atomic E-state index is 0.119. The molecule has 0 fully saturated rings. The minimum atomic E-state index is -0.779. The summed E-state index contributed by atoms with van der Waals surface area (Å²) in [6.07, 6.45) is 4.51. The number of pyridine rings is 1. The van der Waals surface area contributed by atoms with Gasteiger partial charge in [-0.1, -0.05) is 12.1 Å². The Balaban J connectivity index is 1.38. The Bertz CT molecular complexity index is 1090. The number of carbonyl (C=O) groups is 2. The van der Waals surface area contributed by atoms with E-state index in [-0.39, 0.29) is 6.54 Å². The molecule has 11 heteroatoms. The van der Waals surface area contributed by atoms with Crippen molar-refractivity contribution in [3.05, 3.63) is 59.4 Å². The molecule has 0 unspecified atom stereocenters. The van der Waals surface area contributed by atoms with Crippen LogP contribution in [0, 0.1) is 0 Å². The lowest BCUT2D eigenvalue weighted by molar-refractivity contribution is -0.136. The van der Waals surface area contributed by atoms with Gasteiger partial charge in [0.15, 0.2) is 10.9 Å². The summed E-state index contributed by atoms with van der Waals surface area (Å²) in [4.78, 5) is 37.8. The molecule has 4 aromatic rings. The molecule has 0 bridgehead atoms. The summed E-state index contributed by atoms with van der Waals surface area (Å²) in [5.74, 6) is -1.01. The molecule has 0 aliphatic rings. The van der Waals surface area contributed by atoms with Crippen molar-refractivity contribution in [1.82, 2.24) is 30.0 Å². The van der Waals surface area contributed by atoms with Crippen LogP contribution in [0.5, 0.6) is 0 Å². The Kier molecular flexibility index (Phi) is 5.17. The number of thiophene rings is 1. The van der Waals surface area contributed by atoms with Crippen molar-refractivity contribution in [2.45, 2.75) is 6.54 Å². The number of nitrogens with zero attached hydrogens (tertiary/aromatic N) is 5.